The predicted octanol–water partition coefficient (Wildman–Crippen LogP) is 2.03. The smallest absolute Gasteiger partial charge is 0.248 e. The van der Waals surface area contributed by atoms with Crippen molar-refractivity contribution in [3.05, 3.63) is 65.7 Å². The third-order valence-electron chi connectivity index (χ3n) is 6.48. The van der Waals surface area contributed by atoms with E-state index in [1.807, 2.05) is 54.6 Å². The summed E-state index contributed by atoms with van der Waals surface area (Å²) in [5, 5.41) is 9.02. The summed E-state index contributed by atoms with van der Waals surface area (Å²) >= 11 is 0. The van der Waals surface area contributed by atoms with Gasteiger partial charge in [0, 0.05) is 19.6 Å². The van der Waals surface area contributed by atoms with Crippen molar-refractivity contribution in [1.82, 2.24) is 20.9 Å². The lowest BCUT2D eigenvalue weighted by Crippen LogP contribution is -2.54. The van der Waals surface area contributed by atoms with E-state index in [1.54, 1.807) is 18.9 Å². The molecular formula is C27H36N4O4. The summed E-state index contributed by atoms with van der Waals surface area (Å²) in [5.41, 5.74) is 1.29. The van der Waals surface area contributed by atoms with Crippen LogP contribution in [0, 0.1) is 0 Å². The van der Waals surface area contributed by atoms with Gasteiger partial charge in [0.25, 0.3) is 0 Å². The van der Waals surface area contributed by atoms with Crippen LogP contribution >= 0.6 is 0 Å². The highest BCUT2D eigenvalue weighted by Gasteiger charge is 2.46. The van der Waals surface area contributed by atoms with Gasteiger partial charge in [0.2, 0.25) is 18.2 Å². The van der Waals surface area contributed by atoms with Gasteiger partial charge < -0.3 is 25.6 Å². The molecule has 2 atom stereocenters. The minimum absolute atomic E-state index is 0.155. The van der Waals surface area contributed by atoms with Gasteiger partial charge in [-0.1, -0.05) is 42.5 Å². The number of hydrogen-bond acceptors (Lipinski definition) is 5. The first-order valence-corrected chi connectivity index (χ1v) is 12.1. The zero-order chi connectivity index (χ0) is 25.1. The van der Waals surface area contributed by atoms with Gasteiger partial charge in [-0.2, -0.15) is 0 Å². The predicted molar refractivity (Wildman–Crippen MR) is 135 cm³/mol. The number of carbonyl (C=O) groups excluding carboxylic acids is 3. The Kier molecular flexibility index (Phi) is 9.66. The lowest BCUT2D eigenvalue weighted by molar-refractivity contribution is -0.141. The maximum Gasteiger partial charge on any atom is 0.248 e. The van der Waals surface area contributed by atoms with E-state index >= 15 is 0 Å². The molecule has 0 aliphatic carbocycles. The molecule has 0 radical (unpaired) electrons. The first kappa shape index (κ1) is 26.2. The lowest BCUT2D eigenvalue weighted by Gasteiger charge is -2.29. The van der Waals surface area contributed by atoms with Crippen LogP contribution in [0.25, 0.3) is 0 Å². The second-order valence-corrected chi connectivity index (χ2v) is 9.06. The lowest BCUT2D eigenvalue weighted by atomic mass is 10.0. The Morgan fingerprint density at radius 2 is 1.91 bits per heavy atom. The summed E-state index contributed by atoms with van der Waals surface area (Å²) in [6.45, 7) is 4.12. The van der Waals surface area contributed by atoms with Crippen LogP contribution in [0.5, 0.6) is 5.75 Å². The SMILES string of the molecule is COc1cccc(CNCCCNC(=O)[C@H](CCc2ccccc2)N2CC[C@@](C)(NC=O)C2=O)c1. The van der Waals surface area contributed by atoms with Crippen LogP contribution in [0.1, 0.15) is 37.3 Å². The fourth-order valence-corrected chi connectivity index (χ4v) is 4.37. The van der Waals surface area contributed by atoms with Crippen molar-refractivity contribution >= 4 is 18.2 Å². The van der Waals surface area contributed by atoms with Crippen molar-refractivity contribution < 1.29 is 19.1 Å². The topological polar surface area (TPSA) is 99.8 Å². The number of aryl methyl sites for hydroxylation is 1. The van der Waals surface area contributed by atoms with Gasteiger partial charge in [-0.3, -0.25) is 14.4 Å². The summed E-state index contributed by atoms with van der Waals surface area (Å²) in [6, 6.07) is 17.3. The monoisotopic (exact) mass is 480 g/mol. The Morgan fingerprint density at radius 3 is 2.66 bits per heavy atom. The quantitative estimate of drug-likeness (QED) is 0.284. The van der Waals surface area contributed by atoms with Gasteiger partial charge in [-0.25, -0.2) is 0 Å². The summed E-state index contributed by atoms with van der Waals surface area (Å²) in [7, 11) is 1.65. The third kappa shape index (κ3) is 7.29. The van der Waals surface area contributed by atoms with Crippen LogP contribution in [0.4, 0.5) is 0 Å². The number of ether oxygens (including phenoxy) is 1. The van der Waals surface area contributed by atoms with Crippen LogP contribution in [0.2, 0.25) is 0 Å². The van der Waals surface area contributed by atoms with Crippen molar-refractivity contribution in [3.8, 4) is 5.75 Å². The highest BCUT2D eigenvalue weighted by atomic mass is 16.5. The molecule has 8 nitrogen and oxygen atoms in total. The average molecular weight is 481 g/mol. The van der Waals surface area contributed by atoms with Crippen molar-refractivity contribution in [2.24, 2.45) is 0 Å². The number of rotatable bonds is 14. The average Bonchev–Trinajstić information content (AvgIpc) is 3.16. The molecule has 3 N–H and O–H groups in total. The second-order valence-electron chi connectivity index (χ2n) is 9.06. The molecule has 35 heavy (non-hydrogen) atoms. The number of benzene rings is 2. The Morgan fingerprint density at radius 1 is 1.14 bits per heavy atom. The number of likely N-dealkylation sites (tertiary alicyclic amines) is 1. The van der Waals surface area contributed by atoms with Gasteiger partial charge in [-0.05, 0) is 62.4 Å². The van der Waals surface area contributed by atoms with Crippen LogP contribution in [0.3, 0.4) is 0 Å². The molecule has 1 aliphatic heterocycles. The number of nitrogens with one attached hydrogen (secondary N) is 3. The van der Waals surface area contributed by atoms with E-state index in [0.29, 0.717) is 38.8 Å². The van der Waals surface area contributed by atoms with Crippen molar-refractivity contribution in [2.75, 3.05) is 26.7 Å². The van der Waals surface area contributed by atoms with Gasteiger partial charge >= 0.3 is 0 Å². The van der Waals surface area contributed by atoms with E-state index in [9.17, 15) is 14.4 Å². The highest BCUT2D eigenvalue weighted by Crippen LogP contribution is 2.26. The fourth-order valence-electron chi connectivity index (χ4n) is 4.37. The first-order valence-electron chi connectivity index (χ1n) is 12.1. The van der Waals surface area contributed by atoms with Gasteiger partial charge in [-0.15, -0.1) is 0 Å². The Bertz CT molecular complexity index is 984. The summed E-state index contributed by atoms with van der Waals surface area (Å²) < 4.78 is 5.25. The van der Waals surface area contributed by atoms with Crippen LogP contribution < -0.4 is 20.7 Å². The van der Waals surface area contributed by atoms with Gasteiger partial charge in [0.15, 0.2) is 0 Å². The van der Waals surface area contributed by atoms with E-state index in [4.69, 9.17) is 4.74 Å². The Balaban J connectivity index is 1.51. The summed E-state index contributed by atoms with van der Waals surface area (Å²) in [4.78, 5) is 38.9. The van der Waals surface area contributed by atoms with Crippen molar-refractivity contribution in [2.45, 2.75) is 50.7 Å². The molecule has 2 aromatic carbocycles. The maximum atomic E-state index is 13.2. The first-order chi connectivity index (χ1) is 17.0. The Hall–Kier alpha value is -3.39. The molecule has 0 unspecified atom stereocenters. The third-order valence-corrected chi connectivity index (χ3v) is 6.48. The molecule has 0 spiro atoms. The molecule has 1 saturated heterocycles. The number of amides is 3. The molecule has 0 bridgehead atoms. The number of hydrogen-bond donors (Lipinski definition) is 3. The van der Waals surface area contributed by atoms with Gasteiger partial charge in [0.1, 0.15) is 17.3 Å². The summed E-state index contributed by atoms with van der Waals surface area (Å²) in [6.07, 6.45) is 3.00. The molecule has 188 valence electrons. The number of methoxy groups -OCH3 is 1. The zero-order valence-corrected chi connectivity index (χ0v) is 20.6. The fraction of sp³-hybridized carbons (Fsp3) is 0.444. The normalized spacial score (nSPS) is 18.2. The van der Waals surface area contributed by atoms with Crippen LogP contribution in [0.15, 0.2) is 54.6 Å². The molecular weight excluding hydrogens is 444 g/mol. The minimum atomic E-state index is -0.961. The van der Waals surface area contributed by atoms with E-state index < -0.39 is 11.6 Å². The largest absolute Gasteiger partial charge is 0.497 e. The molecule has 1 fully saturated rings. The maximum absolute atomic E-state index is 13.2. The Labute approximate surface area is 207 Å². The molecule has 0 saturated carbocycles. The van der Waals surface area contributed by atoms with Crippen molar-refractivity contribution in [3.63, 3.8) is 0 Å². The van der Waals surface area contributed by atoms with Crippen LogP contribution in [-0.2, 0) is 27.3 Å². The van der Waals surface area contributed by atoms with E-state index in [-0.39, 0.29) is 11.8 Å². The van der Waals surface area contributed by atoms with E-state index in [1.165, 1.54) is 0 Å². The molecule has 0 aromatic heterocycles. The highest BCUT2D eigenvalue weighted by molar-refractivity contribution is 5.94. The second kappa shape index (κ2) is 12.9. The zero-order valence-electron chi connectivity index (χ0n) is 20.6. The number of nitrogens with zero attached hydrogens (tertiary/aromatic N) is 1. The summed E-state index contributed by atoms with van der Waals surface area (Å²) in [5.74, 6) is 0.462. The molecule has 8 heteroatoms. The molecule has 3 rings (SSSR count). The standard InChI is InChI=1S/C27H36N4O4/c1-27(30-20-32)14-17-31(26(27)34)24(13-12-21-8-4-3-5-9-21)25(33)29-16-7-15-28-19-22-10-6-11-23(18-22)35-2/h3-6,8-11,18,20,24,28H,7,12-17,19H2,1-2H3,(H,29,33)(H,30,32)/t24-,27+/m0/s1. The van der Waals surface area contributed by atoms with Gasteiger partial charge in [0.05, 0.1) is 7.11 Å². The van der Waals surface area contributed by atoms with Crippen LogP contribution in [-0.4, -0.2) is 61.4 Å². The number of carbonyl (C=O) groups is 3. The minimum Gasteiger partial charge on any atom is -0.497 e. The molecule has 1 heterocycles. The molecule has 1 aliphatic rings. The van der Waals surface area contributed by atoms with Crippen molar-refractivity contribution in [1.29, 1.82) is 0 Å². The molecule has 2 aromatic rings. The van der Waals surface area contributed by atoms with E-state index in [0.717, 1.165) is 36.4 Å². The molecule has 3 amide bonds. The van der Waals surface area contributed by atoms with E-state index in [2.05, 4.69) is 16.0 Å².